The van der Waals surface area contributed by atoms with Crippen molar-refractivity contribution < 1.29 is 9.53 Å². The number of ether oxygens (including phenoxy) is 1. The van der Waals surface area contributed by atoms with Crippen LogP contribution in [0.5, 0.6) is 0 Å². The number of rotatable bonds is 3. The average molecular weight is 270 g/mol. The van der Waals surface area contributed by atoms with Gasteiger partial charge in [0.2, 0.25) is 5.78 Å². The molecule has 0 bridgehead atoms. The van der Waals surface area contributed by atoms with Crippen LogP contribution in [0.1, 0.15) is 17.4 Å². The molecule has 3 aromatic heterocycles. The second-order valence-electron chi connectivity index (χ2n) is 4.37. The number of nitrogens with zero attached hydrogens (tertiary/aromatic N) is 4. The summed E-state index contributed by atoms with van der Waals surface area (Å²) in [6.07, 6.45) is 7.07. The number of carbonyl (C=O) groups excluding carboxylic acids is 1. The Hall–Kier alpha value is -2.63. The number of aromatic nitrogens is 4. The van der Waals surface area contributed by atoms with Gasteiger partial charge in [-0.15, -0.1) is 0 Å². The van der Waals surface area contributed by atoms with Crippen LogP contribution in [0.3, 0.4) is 0 Å². The number of esters is 1. The smallest absolute Gasteiger partial charge is 0.356 e. The second kappa shape index (κ2) is 4.80. The van der Waals surface area contributed by atoms with E-state index in [4.69, 9.17) is 4.74 Å². The third kappa shape index (κ3) is 1.95. The Morgan fingerprint density at radius 2 is 2.25 bits per heavy atom. The molecular weight excluding hydrogens is 256 g/mol. The molecule has 3 rings (SSSR count). The molecule has 0 aromatic carbocycles. The Morgan fingerprint density at radius 3 is 2.90 bits per heavy atom. The summed E-state index contributed by atoms with van der Waals surface area (Å²) in [5.41, 5.74) is 2.24. The van der Waals surface area contributed by atoms with Crippen molar-refractivity contribution in [3.05, 3.63) is 42.6 Å². The van der Waals surface area contributed by atoms with E-state index in [2.05, 4.69) is 9.97 Å². The molecule has 0 aliphatic carbocycles. The molecule has 0 saturated heterocycles. The zero-order valence-electron chi connectivity index (χ0n) is 11.3. The van der Waals surface area contributed by atoms with Gasteiger partial charge < -0.3 is 9.30 Å². The van der Waals surface area contributed by atoms with Gasteiger partial charge in [0.05, 0.1) is 12.3 Å². The lowest BCUT2D eigenvalue weighted by molar-refractivity contribution is 0.0515. The van der Waals surface area contributed by atoms with Gasteiger partial charge in [-0.05, 0) is 19.1 Å². The molecule has 6 nitrogen and oxygen atoms in total. The van der Waals surface area contributed by atoms with Gasteiger partial charge in [0.25, 0.3) is 0 Å². The SMILES string of the molecule is CCOC(=O)c1cn2cc(-c3cccnc3)nc2n1C. The molecule has 0 N–H and O–H groups in total. The van der Waals surface area contributed by atoms with E-state index in [0.29, 0.717) is 18.1 Å². The summed E-state index contributed by atoms with van der Waals surface area (Å²) in [6.45, 7) is 2.14. The van der Waals surface area contributed by atoms with E-state index in [1.54, 1.807) is 37.1 Å². The first kappa shape index (κ1) is 12.4. The number of fused-ring (bicyclic) bond motifs is 1. The molecule has 0 aliphatic heterocycles. The highest BCUT2D eigenvalue weighted by atomic mass is 16.5. The minimum atomic E-state index is -0.344. The number of aryl methyl sites for hydroxylation is 1. The zero-order valence-corrected chi connectivity index (χ0v) is 11.3. The molecule has 6 heteroatoms. The molecule has 0 radical (unpaired) electrons. The average Bonchev–Trinajstić information content (AvgIpc) is 3.00. The van der Waals surface area contributed by atoms with Crippen LogP contribution in [0.2, 0.25) is 0 Å². The van der Waals surface area contributed by atoms with Crippen LogP contribution >= 0.6 is 0 Å². The van der Waals surface area contributed by atoms with E-state index in [1.807, 2.05) is 22.7 Å². The van der Waals surface area contributed by atoms with Gasteiger partial charge in [0.1, 0.15) is 5.69 Å². The first-order valence-corrected chi connectivity index (χ1v) is 6.32. The summed E-state index contributed by atoms with van der Waals surface area (Å²) < 4.78 is 8.55. The number of hydrogen-bond donors (Lipinski definition) is 0. The topological polar surface area (TPSA) is 61.4 Å². The molecule has 0 fully saturated rings. The summed E-state index contributed by atoms with van der Waals surface area (Å²) in [5, 5.41) is 0. The van der Waals surface area contributed by atoms with Crippen LogP contribution in [0, 0.1) is 0 Å². The van der Waals surface area contributed by atoms with Crippen LogP contribution in [-0.4, -0.2) is 31.5 Å². The van der Waals surface area contributed by atoms with Gasteiger partial charge in [-0.3, -0.25) is 9.38 Å². The lowest BCUT2D eigenvalue weighted by atomic mass is 10.2. The first-order chi connectivity index (χ1) is 9.70. The highest BCUT2D eigenvalue weighted by Gasteiger charge is 2.16. The number of hydrogen-bond acceptors (Lipinski definition) is 4. The molecule has 0 unspecified atom stereocenters. The first-order valence-electron chi connectivity index (χ1n) is 6.32. The fourth-order valence-electron chi connectivity index (χ4n) is 2.10. The largest absolute Gasteiger partial charge is 0.461 e. The lowest BCUT2D eigenvalue weighted by Gasteiger charge is -2.01. The summed E-state index contributed by atoms with van der Waals surface area (Å²) in [7, 11) is 1.79. The summed E-state index contributed by atoms with van der Waals surface area (Å²) in [4.78, 5) is 20.4. The van der Waals surface area contributed by atoms with Gasteiger partial charge in [-0.1, -0.05) is 0 Å². The maximum Gasteiger partial charge on any atom is 0.356 e. The number of pyridine rings is 1. The monoisotopic (exact) mass is 270 g/mol. The fraction of sp³-hybridized carbons (Fsp3) is 0.214. The molecule has 0 amide bonds. The number of carbonyl (C=O) groups is 1. The molecule has 0 saturated carbocycles. The van der Waals surface area contributed by atoms with Crippen LogP contribution in [-0.2, 0) is 11.8 Å². The highest BCUT2D eigenvalue weighted by molar-refractivity contribution is 5.88. The van der Waals surface area contributed by atoms with Crippen LogP contribution in [0.15, 0.2) is 36.9 Å². The van der Waals surface area contributed by atoms with E-state index >= 15 is 0 Å². The molecule has 0 aliphatic rings. The zero-order chi connectivity index (χ0) is 14.1. The fourth-order valence-corrected chi connectivity index (χ4v) is 2.10. The molecule has 102 valence electrons. The van der Waals surface area contributed by atoms with Crippen molar-refractivity contribution in [2.24, 2.45) is 7.05 Å². The van der Waals surface area contributed by atoms with Crippen molar-refractivity contribution in [1.82, 2.24) is 18.9 Å². The molecule has 3 heterocycles. The summed E-state index contributed by atoms with van der Waals surface area (Å²) in [5.74, 6) is 0.343. The maximum absolute atomic E-state index is 11.8. The Balaban J connectivity index is 2.04. The van der Waals surface area contributed by atoms with E-state index in [0.717, 1.165) is 11.3 Å². The Labute approximate surface area is 115 Å². The van der Waals surface area contributed by atoms with Gasteiger partial charge >= 0.3 is 5.97 Å². The number of imidazole rings is 2. The Bertz CT molecular complexity index is 758. The minimum Gasteiger partial charge on any atom is -0.461 e. The van der Waals surface area contributed by atoms with E-state index in [9.17, 15) is 4.79 Å². The normalized spacial score (nSPS) is 10.9. The molecule has 3 aromatic rings. The Morgan fingerprint density at radius 1 is 1.40 bits per heavy atom. The highest BCUT2D eigenvalue weighted by Crippen LogP contribution is 2.19. The quantitative estimate of drug-likeness (QED) is 0.682. The maximum atomic E-state index is 11.8. The van der Waals surface area contributed by atoms with Crippen molar-refractivity contribution in [3.63, 3.8) is 0 Å². The minimum absolute atomic E-state index is 0.344. The van der Waals surface area contributed by atoms with Crippen molar-refractivity contribution in [2.45, 2.75) is 6.92 Å². The Kier molecular flexibility index (Phi) is 2.98. The van der Waals surface area contributed by atoms with E-state index < -0.39 is 0 Å². The molecular formula is C14H14N4O2. The second-order valence-corrected chi connectivity index (χ2v) is 4.37. The molecule has 0 spiro atoms. The van der Waals surface area contributed by atoms with Crippen LogP contribution in [0.25, 0.3) is 17.0 Å². The molecule has 20 heavy (non-hydrogen) atoms. The molecule has 0 atom stereocenters. The van der Waals surface area contributed by atoms with Gasteiger partial charge in [-0.25, -0.2) is 9.78 Å². The predicted octanol–water partition coefficient (Wildman–Crippen LogP) is 1.91. The third-order valence-corrected chi connectivity index (χ3v) is 3.08. The summed E-state index contributed by atoms with van der Waals surface area (Å²) >= 11 is 0. The van der Waals surface area contributed by atoms with E-state index in [-0.39, 0.29) is 5.97 Å². The van der Waals surface area contributed by atoms with Gasteiger partial charge in [0, 0.05) is 37.4 Å². The van der Waals surface area contributed by atoms with Crippen molar-refractivity contribution in [3.8, 4) is 11.3 Å². The summed E-state index contributed by atoms with van der Waals surface area (Å²) in [6, 6.07) is 3.81. The van der Waals surface area contributed by atoms with Crippen LogP contribution < -0.4 is 0 Å². The van der Waals surface area contributed by atoms with Crippen LogP contribution in [0.4, 0.5) is 0 Å². The van der Waals surface area contributed by atoms with Crippen molar-refractivity contribution >= 4 is 11.7 Å². The standard InChI is InChI=1S/C14H14N4O2/c1-3-20-13(19)12-9-18-8-11(16-14(18)17(12)2)10-5-4-6-15-7-10/h4-9H,3H2,1-2H3. The van der Waals surface area contributed by atoms with Crippen molar-refractivity contribution in [2.75, 3.05) is 6.61 Å². The van der Waals surface area contributed by atoms with Crippen molar-refractivity contribution in [1.29, 1.82) is 0 Å². The third-order valence-electron chi connectivity index (χ3n) is 3.08. The predicted molar refractivity (Wildman–Crippen MR) is 73.4 cm³/mol. The van der Waals surface area contributed by atoms with Gasteiger partial charge in [0.15, 0.2) is 0 Å². The van der Waals surface area contributed by atoms with E-state index in [1.165, 1.54) is 0 Å². The lowest BCUT2D eigenvalue weighted by Crippen LogP contribution is -2.09. The van der Waals surface area contributed by atoms with Gasteiger partial charge in [-0.2, -0.15) is 0 Å².